The molecular weight excluding hydrogens is 488 g/mol. The van der Waals surface area contributed by atoms with Crippen LogP contribution in [0.1, 0.15) is 15.9 Å². The Morgan fingerprint density at radius 1 is 0.818 bits per heavy atom. The van der Waals surface area contributed by atoms with Crippen molar-refractivity contribution in [2.24, 2.45) is 0 Å². The third-order valence-electron chi connectivity index (χ3n) is 5.20. The number of aryl methyl sites for hydroxylation is 1. The Morgan fingerprint density at radius 2 is 1.61 bits per heavy atom. The van der Waals surface area contributed by atoms with E-state index in [1.54, 1.807) is 42.5 Å². The van der Waals surface area contributed by atoms with Crippen LogP contribution in [0.25, 0.3) is 33.1 Å². The number of ether oxygens (including phenoxy) is 1. The number of rotatable bonds is 3. The minimum atomic E-state index is -0.645. The first-order valence-corrected chi connectivity index (χ1v) is 10.8. The van der Waals surface area contributed by atoms with Gasteiger partial charge < -0.3 is 13.6 Å². The standard InChI is InChI=1S/C26H15BrO6/c1-14-2-4-15(5-3-14)25(29)31-18-7-8-19-20(13-24(28)32-23(19)12-18)21-11-16-10-17(27)6-9-22(16)33-26(21)30/h2-13H,1H3. The van der Waals surface area contributed by atoms with E-state index in [2.05, 4.69) is 15.9 Å². The molecule has 0 amide bonds. The van der Waals surface area contributed by atoms with Crippen molar-refractivity contribution in [2.75, 3.05) is 0 Å². The molecule has 0 N–H and O–H groups in total. The lowest BCUT2D eigenvalue weighted by Gasteiger charge is -2.08. The molecule has 5 rings (SSSR count). The van der Waals surface area contributed by atoms with E-state index < -0.39 is 17.2 Å². The number of hydrogen-bond acceptors (Lipinski definition) is 6. The zero-order valence-electron chi connectivity index (χ0n) is 17.3. The lowest BCUT2D eigenvalue weighted by Crippen LogP contribution is -2.09. The molecule has 0 bridgehead atoms. The van der Waals surface area contributed by atoms with Gasteiger partial charge >= 0.3 is 17.2 Å². The summed E-state index contributed by atoms with van der Waals surface area (Å²) in [5.41, 5.74) is 1.41. The van der Waals surface area contributed by atoms with Gasteiger partial charge in [-0.05, 0) is 55.5 Å². The predicted octanol–water partition coefficient (Wildman–Crippen LogP) is 5.86. The van der Waals surface area contributed by atoms with Gasteiger partial charge in [-0.25, -0.2) is 14.4 Å². The van der Waals surface area contributed by atoms with Crippen molar-refractivity contribution in [3.63, 3.8) is 0 Å². The maximum Gasteiger partial charge on any atom is 0.344 e. The average molecular weight is 503 g/mol. The van der Waals surface area contributed by atoms with Crippen LogP contribution in [0.5, 0.6) is 5.75 Å². The Morgan fingerprint density at radius 3 is 2.39 bits per heavy atom. The topological polar surface area (TPSA) is 86.7 Å². The number of carbonyl (C=O) groups excluding carboxylic acids is 1. The highest BCUT2D eigenvalue weighted by Crippen LogP contribution is 2.30. The number of esters is 1. The first kappa shape index (κ1) is 20.9. The molecular formula is C26H15BrO6. The highest BCUT2D eigenvalue weighted by atomic mass is 79.9. The van der Waals surface area contributed by atoms with E-state index >= 15 is 0 Å². The summed E-state index contributed by atoms with van der Waals surface area (Å²) < 4.78 is 17.0. The SMILES string of the molecule is Cc1ccc(C(=O)Oc2ccc3c(-c4cc5cc(Br)ccc5oc4=O)cc(=O)oc3c2)cc1. The number of hydrogen-bond donors (Lipinski definition) is 0. The molecule has 33 heavy (non-hydrogen) atoms. The summed E-state index contributed by atoms with van der Waals surface area (Å²) in [7, 11) is 0. The molecule has 0 saturated heterocycles. The van der Waals surface area contributed by atoms with Crippen LogP contribution in [0.4, 0.5) is 0 Å². The summed E-state index contributed by atoms with van der Waals surface area (Å²) in [4.78, 5) is 37.4. The summed E-state index contributed by atoms with van der Waals surface area (Å²) in [6.45, 7) is 1.92. The van der Waals surface area contributed by atoms with E-state index in [1.165, 1.54) is 12.1 Å². The second-order valence-electron chi connectivity index (χ2n) is 7.52. The van der Waals surface area contributed by atoms with Crippen LogP contribution < -0.4 is 16.0 Å². The minimum absolute atomic E-state index is 0.181. The molecule has 2 heterocycles. The van der Waals surface area contributed by atoms with Crippen molar-refractivity contribution in [1.82, 2.24) is 0 Å². The fourth-order valence-electron chi connectivity index (χ4n) is 3.57. The van der Waals surface area contributed by atoms with E-state index in [-0.39, 0.29) is 16.9 Å². The first-order chi connectivity index (χ1) is 15.9. The van der Waals surface area contributed by atoms with Crippen LogP contribution in [0.2, 0.25) is 0 Å². The highest BCUT2D eigenvalue weighted by molar-refractivity contribution is 9.10. The number of carbonyl (C=O) groups is 1. The Labute approximate surface area is 195 Å². The van der Waals surface area contributed by atoms with Gasteiger partial charge in [0.15, 0.2) is 0 Å². The smallest absolute Gasteiger partial charge is 0.344 e. The number of benzene rings is 3. The lowest BCUT2D eigenvalue weighted by atomic mass is 10.0. The molecule has 0 unspecified atom stereocenters. The Balaban J connectivity index is 1.59. The predicted molar refractivity (Wildman–Crippen MR) is 128 cm³/mol. The fourth-order valence-corrected chi connectivity index (χ4v) is 3.95. The molecule has 0 atom stereocenters. The van der Waals surface area contributed by atoms with Gasteiger partial charge in [-0.2, -0.15) is 0 Å². The Bertz CT molecular complexity index is 1660. The zero-order chi connectivity index (χ0) is 23.1. The summed E-state index contributed by atoms with van der Waals surface area (Å²) in [6, 6.07) is 19.8. The second-order valence-corrected chi connectivity index (χ2v) is 8.44. The first-order valence-electron chi connectivity index (χ1n) is 9.98. The lowest BCUT2D eigenvalue weighted by molar-refractivity contribution is 0.0735. The fraction of sp³-hybridized carbons (Fsp3) is 0.0385. The molecule has 2 aromatic heterocycles. The van der Waals surface area contributed by atoms with Crippen molar-refractivity contribution in [2.45, 2.75) is 6.92 Å². The Kier molecular flexibility index (Phi) is 5.18. The third kappa shape index (κ3) is 4.10. The highest BCUT2D eigenvalue weighted by Gasteiger charge is 2.16. The second kappa shape index (κ2) is 8.18. The van der Waals surface area contributed by atoms with Crippen molar-refractivity contribution in [3.05, 3.63) is 109 Å². The van der Waals surface area contributed by atoms with E-state index in [1.807, 2.05) is 25.1 Å². The minimum Gasteiger partial charge on any atom is -0.423 e. The molecule has 0 aliphatic rings. The summed E-state index contributed by atoms with van der Waals surface area (Å²) in [5.74, 6) is -0.323. The molecule has 0 aliphatic heterocycles. The summed E-state index contributed by atoms with van der Waals surface area (Å²) >= 11 is 3.40. The van der Waals surface area contributed by atoms with E-state index in [0.717, 1.165) is 10.0 Å². The molecule has 5 aromatic rings. The van der Waals surface area contributed by atoms with E-state index in [9.17, 15) is 14.4 Å². The molecule has 6 nitrogen and oxygen atoms in total. The van der Waals surface area contributed by atoms with E-state index in [0.29, 0.717) is 27.5 Å². The maximum atomic E-state index is 12.7. The van der Waals surface area contributed by atoms with Crippen molar-refractivity contribution in [3.8, 4) is 16.9 Å². The van der Waals surface area contributed by atoms with Gasteiger partial charge in [-0.1, -0.05) is 33.6 Å². The van der Waals surface area contributed by atoms with Gasteiger partial charge in [0.1, 0.15) is 16.9 Å². The average Bonchev–Trinajstić information content (AvgIpc) is 2.78. The van der Waals surface area contributed by atoms with Crippen LogP contribution in [0.15, 0.2) is 95.7 Å². The van der Waals surface area contributed by atoms with Gasteiger partial charge in [0.25, 0.3) is 0 Å². The number of halogens is 1. The summed E-state index contributed by atoms with van der Waals surface area (Å²) in [6.07, 6.45) is 0. The molecule has 0 spiro atoms. The Hall–Kier alpha value is -3.97. The molecule has 0 fully saturated rings. The van der Waals surface area contributed by atoms with Gasteiger partial charge in [-0.3, -0.25) is 0 Å². The maximum absolute atomic E-state index is 12.7. The molecule has 0 aliphatic carbocycles. The third-order valence-corrected chi connectivity index (χ3v) is 5.69. The van der Waals surface area contributed by atoms with Crippen LogP contribution in [-0.2, 0) is 0 Å². The molecule has 7 heteroatoms. The normalized spacial score (nSPS) is 11.1. The van der Waals surface area contributed by atoms with Crippen molar-refractivity contribution in [1.29, 1.82) is 0 Å². The largest absolute Gasteiger partial charge is 0.423 e. The van der Waals surface area contributed by atoms with Crippen LogP contribution in [0.3, 0.4) is 0 Å². The van der Waals surface area contributed by atoms with Gasteiger partial charge in [0.2, 0.25) is 0 Å². The molecule has 0 saturated carbocycles. The van der Waals surface area contributed by atoms with Crippen LogP contribution in [-0.4, -0.2) is 5.97 Å². The van der Waals surface area contributed by atoms with Crippen LogP contribution in [0, 0.1) is 6.92 Å². The van der Waals surface area contributed by atoms with Crippen molar-refractivity contribution >= 4 is 43.8 Å². The van der Waals surface area contributed by atoms with Gasteiger partial charge in [0, 0.05) is 32.9 Å². The van der Waals surface area contributed by atoms with Crippen LogP contribution >= 0.6 is 15.9 Å². The van der Waals surface area contributed by atoms with E-state index in [4.69, 9.17) is 13.6 Å². The molecule has 3 aromatic carbocycles. The monoisotopic (exact) mass is 502 g/mol. The molecule has 0 radical (unpaired) electrons. The molecule has 162 valence electrons. The summed E-state index contributed by atoms with van der Waals surface area (Å²) in [5, 5.41) is 1.20. The quantitative estimate of drug-likeness (QED) is 0.174. The van der Waals surface area contributed by atoms with Crippen molar-refractivity contribution < 1.29 is 18.4 Å². The zero-order valence-corrected chi connectivity index (χ0v) is 18.8. The van der Waals surface area contributed by atoms with Gasteiger partial charge in [0.05, 0.1) is 11.1 Å². The number of fused-ring (bicyclic) bond motifs is 2. The van der Waals surface area contributed by atoms with Gasteiger partial charge in [-0.15, -0.1) is 0 Å².